The molecule has 3 rings (SSSR count). The molecular weight excluding hydrogens is 383 g/mol. The Hall–Kier alpha value is -1.77. The number of H-pyrrole nitrogens is 1. The Balaban J connectivity index is 2.03. The molecule has 0 radical (unpaired) electrons. The van der Waals surface area contributed by atoms with Gasteiger partial charge in [0.15, 0.2) is 6.23 Å². The Morgan fingerprint density at radius 2 is 2.30 bits per heavy atom. The molecule has 0 aliphatic carbocycles. The zero-order valence-electron chi connectivity index (χ0n) is 14.5. The summed E-state index contributed by atoms with van der Waals surface area (Å²) < 4.78 is 34.6. The second-order valence-electron chi connectivity index (χ2n) is 6.25. The third-order valence-corrected chi connectivity index (χ3v) is 4.82. The highest BCUT2D eigenvalue weighted by molar-refractivity contribution is 7.50. The maximum Gasteiger partial charge on any atom is 0.330 e. The SMILES string of the molecule is COC[C@@]12CO[C@H](C1OP(C)(=O)[O-])[C@H](n1cc(C#CCO)c(=O)[nH]c1=O)O2. The normalized spacial score (nSPS) is 31.3. The number of aromatic amines is 1. The lowest BCUT2D eigenvalue weighted by Gasteiger charge is -2.32. The van der Waals surface area contributed by atoms with Gasteiger partial charge in [0.2, 0.25) is 0 Å². The van der Waals surface area contributed by atoms with Gasteiger partial charge in [-0.3, -0.25) is 14.3 Å². The third kappa shape index (κ3) is 3.79. The minimum Gasteiger partial charge on any atom is -0.779 e. The number of hydrogen-bond acceptors (Lipinski definition) is 9. The lowest BCUT2D eigenvalue weighted by molar-refractivity contribution is -0.208. The molecule has 0 spiro atoms. The molecule has 2 aliphatic heterocycles. The summed E-state index contributed by atoms with van der Waals surface area (Å²) in [5, 5.41) is 8.79. The van der Waals surface area contributed by atoms with Gasteiger partial charge in [-0.2, -0.15) is 0 Å². The molecule has 0 amide bonds. The maximum atomic E-state index is 12.3. The highest BCUT2D eigenvalue weighted by Gasteiger charge is 2.64. The molecule has 0 saturated carbocycles. The molecule has 148 valence electrons. The van der Waals surface area contributed by atoms with Gasteiger partial charge in [0, 0.05) is 20.0 Å². The summed E-state index contributed by atoms with van der Waals surface area (Å²) in [6, 6.07) is 0. The first-order valence-electron chi connectivity index (χ1n) is 7.91. The van der Waals surface area contributed by atoms with E-state index in [-0.39, 0.29) is 18.8 Å². The zero-order chi connectivity index (χ0) is 19.8. The van der Waals surface area contributed by atoms with E-state index in [1.165, 1.54) is 13.3 Å². The fraction of sp³-hybridized carbons (Fsp3) is 0.600. The first-order chi connectivity index (χ1) is 12.7. The van der Waals surface area contributed by atoms with E-state index in [1.54, 1.807) is 0 Å². The van der Waals surface area contributed by atoms with Crippen molar-refractivity contribution in [2.45, 2.75) is 24.0 Å². The number of aliphatic hydroxyl groups excluding tert-OH is 1. The number of hydrogen-bond donors (Lipinski definition) is 2. The predicted octanol–water partition coefficient (Wildman–Crippen LogP) is -2.24. The van der Waals surface area contributed by atoms with Crippen molar-refractivity contribution in [1.29, 1.82) is 0 Å². The molecule has 1 aromatic heterocycles. The Bertz CT molecular complexity index is 939. The Kier molecular flexibility index (Phi) is 5.42. The van der Waals surface area contributed by atoms with Crippen molar-refractivity contribution in [3.63, 3.8) is 0 Å². The summed E-state index contributed by atoms with van der Waals surface area (Å²) in [4.78, 5) is 37.9. The van der Waals surface area contributed by atoms with Gasteiger partial charge in [-0.1, -0.05) is 11.8 Å². The summed E-state index contributed by atoms with van der Waals surface area (Å²) in [5.41, 5.74) is -2.81. The molecule has 3 heterocycles. The molecule has 2 aliphatic rings. The molecule has 2 saturated heterocycles. The summed E-state index contributed by atoms with van der Waals surface area (Å²) in [6.07, 6.45) is -1.85. The molecule has 2 N–H and O–H groups in total. The van der Waals surface area contributed by atoms with Crippen LogP contribution in [0.1, 0.15) is 11.8 Å². The van der Waals surface area contributed by atoms with Crippen molar-refractivity contribution in [2.24, 2.45) is 0 Å². The van der Waals surface area contributed by atoms with Gasteiger partial charge in [0.25, 0.3) is 5.56 Å². The van der Waals surface area contributed by atoms with Gasteiger partial charge in [-0.25, -0.2) is 4.79 Å². The van der Waals surface area contributed by atoms with Gasteiger partial charge in [-0.15, -0.1) is 0 Å². The molecule has 12 heteroatoms. The van der Waals surface area contributed by atoms with Crippen LogP contribution >= 0.6 is 7.60 Å². The Morgan fingerprint density at radius 3 is 2.93 bits per heavy atom. The lowest BCUT2D eigenvalue weighted by atomic mass is 10.0. The van der Waals surface area contributed by atoms with Crippen LogP contribution in [0.2, 0.25) is 0 Å². The molecular formula is C15H18N2O9P-. The number of rotatable bonds is 5. The largest absolute Gasteiger partial charge is 0.779 e. The average Bonchev–Trinajstić information content (AvgIpc) is 3.04. The number of fused-ring (bicyclic) bond motifs is 2. The molecule has 2 fully saturated rings. The minimum absolute atomic E-state index is 0.0158. The van der Waals surface area contributed by atoms with E-state index in [9.17, 15) is 19.0 Å². The fourth-order valence-corrected chi connectivity index (χ4v) is 3.95. The maximum absolute atomic E-state index is 12.3. The van der Waals surface area contributed by atoms with Gasteiger partial charge < -0.3 is 33.3 Å². The van der Waals surface area contributed by atoms with E-state index in [0.29, 0.717) is 0 Å². The first-order valence-corrected chi connectivity index (χ1v) is 9.90. The second kappa shape index (κ2) is 7.33. The fourth-order valence-electron chi connectivity index (χ4n) is 3.22. The molecule has 2 unspecified atom stereocenters. The van der Waals surface area contributed by atoms with Crippen LogP contribution in [0.5, 0.6) is 0 Å². The van der Waals surface area contributed by atoms with Crippen LogP contribution in [-0.2, 0) is 23.3 Å². The summed E-state index contributed by atoms with van der Waals surface area (Å²) in [6.45, 7) is 0.448. The van der Waals surface area contributed by atoms with Crippen LogP contribution in [0.25, 0.3) is 0 Å². The smallest absolute Gasteiger partial charge is 0.330 e. The van der Waals surface area contributed by atoms with Gasteiger partial charge in [-0.05, 0) is 0 Å². The van der Waals surface area contributed by atoms with Crippen LogP contribution in [0, 0.1) is 11.8 Å². The highest BCUT2D eigenvalue weighted by Crippen LogP contribution is 2.51. The van der Waals surface area contributed by atoms with Crippen LogP contribution in [0.15, 0.2) is 15.8 Å². The molecule has 5 atom stereocenters. The van der Waals surface area contributed by atoms with E-state index in [2.05, 4.69) is 16.8 Å². The number of aromatic nitrogens is 2. The van der Waals surface area contributed by atoms with E-state index < -0.39 is 49.5 Å². The number of nitrogens with one attached hydrogen (secondary N) is 1. The van der Waals surface area contributed by atoms with Crippen molar-refractivity contribution < 1.29 is 33.3 Å². The van der Waals surface area contributed by atoms with Gasteiger partial charge >= 0.3 is 5.69 Å². The van der Waals surface area contributed by atoms with Crippen molar-refractivity contribution in [2.75, 3.05) is 33.6 Å². The van der Waals surface area contributed by atoms with Crippen LogP contribution in [0.4, 0.5) is 0 Å². The molecule has 11 nitrogen and oxygen atoms in total. The quantitative estimate of drug-likeness (QED) is 0.412. The number of ether oxygens (including phenoxy) is 3. The van der Waals surface area contributed by atoms with E-state index >= 15 is 0 Å². The minimum atomic E-state index is -4.14. The van der Waals surface area contributed by atoms with E-state index in [1.807, 2.05) is 0 Å². The summed E-state index contributed by atoms with van der Waals surface area (Å²) >= 11 is 0. The van der Waals surface area contributed by atoms with Gasteiger partial charge in [0.05, 0.1) is 13.2 Å². The average molecular weight is 401 g/mol. The molecule has 27 heavy (non-hydrogen) atoms. The van der Waals surface area contributed by atoms with Crippen molar-refractivity contribution >= 4 is 7.60 Å². The first kappa shape index (κ1) is 20.0. The van der Waals surface area contributed by atoms with E-state index in [0.717, 1.165) is 11.2 Å². The van der Waals surface area contributed by atoms with Crippen molar-refractivity contribution in [3.05, 3.63) is 32.6 Å². The molecule has 0 aromatic carbocycles. The predicted molar refractivity (Wildman–Crippen MR) is 88.2 cm³/mol. The van der Waals surface area contributed by atoms with Crippen molar-refractivity contribution in [1.82, 2.24) is 9.55 Å². The molecule has 1 aromatic rings. The molecule has 2 bridgehead atoms. The second-order valence-corrected chi connectivity index (χ2v) is 8.00. The summed E-state index contributed by atoms with van der Waals surface area (Å²) in [5.74, 6) is 4.75. The van der Waals surface area contributed by atoms with Crippen LogP contribution in [0.3, 0.4) is 0 Å². The van der Waals surface area contributed by atoms with Crippen LogP contribution in [-0.4, -0.2) is 66.1 Å². The zero-order valence-corrected chi connectivity index (χ0v) is 15.4. The number of aliphatic hydroxyl groups is 1. The topological polar surface area (TPSA) is 152 Å². The van der Waals surface area contributed by atoms with Gasteiger partial charge in [0.1, 0.15) is 37.6 Å². The summed E-state index contributed by atoms with van der Waals surface area (Å²) in [7, 11) is -2.73. The van der Waals surface area contributed by atoms with E-state index in [4.69, 9.17) is 23.8 Å². The standard InChI is InChI=1S/C15H19N2O9P/c1-23-7-15-8-24-10(11(15)26-27(2,21)22)13(25-15)17-6-9(4-3-5-18)12(19)16-14(17)20/h6,10-11,13,18H,5,7-8H2,1-2H3,(H,21,22)(H,16,19,20)/p-1/t10-,11?,13-,15-/m1/s1. The van der Waals surface area contributed by atoms with Crippen molar-refractivity contribution in [3.8, 4) is 11.8 Å². The Labute approximate surface area is 153 Å². The highest BCUT2D eigenvalue weighted by atomic mass is 31.2. The third-order valence-electron chi connectivity index (χ3n) is 4.21. The Morgan fingerprint density at radius 1 is 1.56 bits per heavy atom. The monoisotopic (exact) mass is 401 g/mol. The lowest BCUT2D eigenvalue weighted by Crippen LogP contribution is -2.46. The number of methoxy groups -OCH3 is 1. The van der Waals surface area contributed by atoms with Crippen LogP contribution < -0.4 is 16.1 Å². The number of nitrogens with zero attached hydrogens (tertiary/aromatic N) is 1.